The zero-order valence-corrected chi connectivity index (χ0v) is 13.8. The van der Waals surface area contributed by atoms with Crippen molar-refractivity contribution in [2.45, 2.75) is 6.42 Å². The van der Waals surface area contributed by atoms with Crippen LogP contribution in [0.5, 0.6) is 11.5 Å². The van der Waals surface area contributed by atoms with Crippen molar-refractivity contribution in [3.05, 3.63) is 71.8 Å². The van der Waals surface area contributed by atoms with Gasteiger partial charge in [0.25, 0.3) is 0 Å². The van der Waals surface area contributed by atoms with Gasteiger partial charge in [0.15, 0.2) is 0 Å². The number of fused-ring (bicyclic) bond motifs is 1. The standard InChI is InChI=1S/C20H18N2O3/c1-25-16-9-6-14(7-10-16)12-20(24)22-21-13-18-17-5-3-2-4-15(17)8-11-19(18)23/h2-11,13,23H,12H2,1H3,(H,22,24)/b21-13+. The predicted octanol–water partition coefficient (Wildman–Crippen LogP) is 3.25. The van der Waals surface area contributed by atoms with Crippen LogP contribution >= 0.6 is 0 Å². The number of nitrogens with zero attached hydrogens (tertiary/aromatic N) is 1. The number of carbonyl (C=O) groups excluding carboxylic acids is 1. The van der Waals surface area contributed by atoms with Crippen molar-refractivity contribution < 1.29 is 14.6 Å². The first-order chi connectivity index (χ1) is 12.2. The molecule has 0 saturated heterocycles. The van der Waals surface area contributed by atoms with E-state index in [1.54, 1.807) is 25.3 Å². The van der Waals surface area contributed by atoms with Gasteiger partial charge in [-0.3, -0.25) is 4.79 Å². The van der Waals surface area contributed by atoms with Gasteiger partial charge in [-0.05, 0) is 34.5 Å². The maximum Gasteiger partial charge on any atom is 0.244 e. The summed E-state index contributed by atoms with van der Waals surface area (Å²) in [6.07, 6.45) is 1.67. The lowest BCUT2D eigenvalue weighted by molar-refractivity contribution is -0.120. The van der Waals surface area contributed by atoms with Gasteiger partial charge in [0.2, 0.25) is 5.91 Å². The molecule has 2 N–H and O–H groups in total. The fourth-order valence-electron chi connectivity index (χ4n) is 2.56. The number of benzene rings is 3. The smallest absolute Gasteiger partial charge is 0.244 e. The third-order valence-corrected chi connectivity index (χ3v) is 3.85. The van der Waals surface area contributed by atoms with E-state index in [1.165, 1.54) is 6.21 Å². The van der Waals surface area contributed by atoms with Crippen molar-refractivity contribution in [1.82, 2.24) is 5.43 Å². The van der Waals surface area contributed by atoms with E-state index in [0.717, 1.165) is 22.1 Å². The van der Waals surface area contributed by atoms with E-state index in [-0.39, 0.29) is 18.1 Å². The Kier molecular flexibility index (Phi) is 4.95. The summed E-state index contributed by atoms with van der Waals surface area (Å²) in [6.45, 7) is 0. The molecule has 126 valence electrons. The fourth-order valence-corrected chi connectivity index (χ4v) is 2.56. The van der Waals surface area contributed by atoms with Crippen LogP contribution in [0.15, 0.2) is 65.8 Å². The molecule has 3 rings (SSSR count). The van der Waals surface area contributed by atoms with Crippen LogP contribution in [0.3, 0.4) is 0 Å². The fraction of sp³-hybridized carbons (Fsp3) is 0.100. The molecule has 0 aromatic heterocycles. The summed E-state index contributed by atoms with van der Waals surface area (Å²) in [6, 6.07) is 18.4. The average molecular weight is 334 g/mol. The van der Waals surface area contributed by atoms with Crippen LogP contribution < -0.4 is 10.2 Å². The van der Waals surface area contributed by atoms with Crippen LogP contribution in [-0.2, 0) is 11.2 Å². The number of hydrogen-bond acceptors (Lipinski definition) is 4. The number of hydrazone groups is 1. The first-order valence-corrected chi connectivity index (χ1v) is 7.83. The van der Waals surface area contributed by atoms with Gasteiger partial charge in [-0.1, -0.05) is 42.5 Å². The number of rotatable bonds is 5. The largest absolute Gasteiger partial charge is 0.507 e. The molecule has 0 spiro atoms. The molecule has 0 unspecified atom stereocenters. The number of methoxy groups -OCH3 is 1. The molecule has 0 heterocycles. The molecule has 0 radical (unpaired) electrons. The molecular formula is C20H18N2O3. The van der Waals surface area contributed by atoms with Crippen LogP contribution in [0.2, 0.25) is 0 Å². The molecule has 3 aromatic rings. The molecular weight excluding hydrogens is 316 g/mol. The normalized spacial score (nSPS) is 10.9. The van der Waals surface area contributed by atoms with Crippen molar-refractivity contribution in [1.29, 1.82) is 0 Å². The molecule has 0 fully saturated rings. The number of nitrogens with one attached hydrogen (secondary N) is 1. The van der Waals surface area contributed by atoms with Crippen molar-refractivity contribution in [3.63, 3.8) is 0 Å². The molecule has 1 amide bonds. The van der Waals surface area contributed by atoms with E-state index in [2.05, 4.69) is 10.5 Å². The average Bonchev–Trinajstić information content (AvgIpc) is 2.64. The van der Waals surface area contributed by atoms with Crippen molar-refractivity contribution >= 4 is 22.9 Å². The molecule has 0 aliphatic heterocycles. The molecule has 0 saturated carbocycles. The molecule has 0 atom stereocenters. The topological polar surface area (TPSA) is 70.9 Å². The minimum absolute atomic E-state index is 0.117. The summed E-state index contributed by atoms with van der Waals surface area (Å²) in [5.74, 6) is 0.626. The Morgan fingerprint density at radius 3 is 2.64 bits per heavy atom. The Morgan fingerprint density at radius 2 is 1.88 bits per heavy atom. The Bertz CT molecular complexity index is 918. The van der Waals surface area contributed by atoms with E-state index < -0.39 is 0 Å². The summed E-state index contributed by atoms with van der Waals surface area (Å²) >= 11 is 0. The van der Waals surface area contributed by atoms with Gasteiger partial charge in [0, 0.05) is 5.56 Å². The molecule has 5 heteroatoms. The molecule has 5 nitrogen and oxygen atoms in total. The van der Waals surface area contributed by atoms with E-state index in [9.17, 15) is 9.90 Å². The zero-order chi connectivity index (χ0) is 17.6. The third-order valence-electron chi connectivity index (χ3n) is 3.85. The quantitative estimate of drug-likeness (QED) is 0.556. The number of phenolic OH excluding ortho intramolecular Hbond substituents is 1. The highest BCUT2D eigenvalue weighted by Gasteiger charge is 2.05. The highest BCUT2D eigenvalue weighted by molar-refractivity contribution is 6.02. The monoisotopic (exact) mass is 334 g/mol. The minimum Gasteiger partial charge on any atom is -0.507 e. The van der Waals surface area contributed by atoms with Crippen LogP contribution in [0, 0.1) is 0 Å². The third kappa shape index (κ3) is 3.95. The Hall–Kier alpha value is -3.34. The maximum atomic E-state index is 12.0. The number of hydrogen-bond donors (Lipinski definition) is 2. The van der Waals surface area contributed by atoms with E-state index in [1.807, 2.05) is 42.5 Å². The van der Waals surface area contributed by atoms with Gasteiger partial charge in [0.1, 0.15) is 11.5 Å². The molecule has 0 bridgehead atoms. The van der Waals surface area contributed by atoms with Gasteiger partial charge < -0.3 is 9.84 Å². The van der Waals surface area contributed by atoms with E-state index >= 15 is 0 Å². The number of carbonyl (C=O) groups is 1. The molecule has 25 heavy (non-hydrogen) atoms. The second-order valence-corrected chi connectivity index (χ2v) is 5.54. The van der Waals surface area contributed by atoms with Gasteiger partial charge in [-0.2, -0.15) is 5.10 Å². The van der Waals surface area contributed by atoms with Crippen LogP contribution in [0.1, 0.15) is 11.1 Å². The van der Waals surface area contributed by atoms with Crippen LogP contribution in [0.25, 0.3) is 10.8 Å². The van der Waals surface area contributed by atoms with E-state index in [0.29, 0.717) is 5.56 Å². The maximum absolute atomic E-state index is 12.0. The lowest BCUT2D eigenvalue weighted by Crippen LogP contribution is -2.19. The Labute approximate surface area is 145 Å². The first kappa shape index (κ1) is 16.5. The lowest BCUT2D eigenvalue weighted by atomic mass is 10.0. The highest BCUT2D eigenvalue weighted by Crippen LogP contribution is 2.25. The number of phenols is 1. The summed E-state index contributed by atoms with van der Waals surface area (Å²) in [7, 11) is 1.60. The summed E-state index contributed by atoms with van der Waals surface area (Å²) in [5.41, 5.74) is 3.92. The highest BCUT2D eigenvalue weighted by atomic mass is 16.5. The second kappa shape index (κ2) is 7.49. The van der Waals surface area contributed by atoms with Gasteiger partial charge in [-0.25, -0.2) is 5.43 Å². The number of ether oxygens (including phenoxy) is 1. The van der Waals surface area contributed by atoms with Crippen LogP contribution in [0.4, 0.5) is 0 Å². The lowest BCUT2D eigenvalue weighted by Gasteiger charge is -2.05. The zero-order valence-electron chi connectivity index (χ0n) is 13.8. The first-order valence-electron chi connectivity index (χ1n) is 7.83. The van der Waals surface area contributed by atoms with Gasteiger partial charge in [0.05, 0.1) is 19.7 Å². The van der Waals surface area contributed by atoms with Gasteiger partial charge >= 0.3 is 0 Å². The van der Waals surface area contributed by atoms with Gasteiger partial charge in [-0.15, -0.1) is 0 Å². The Morgan fingerprint density at radius 1 is 1.12 bits per heavy atom. The van der Waals surface area contributed by atoms with Crippen LogP contribution in [-0.4, -0.2) is 24.3 Å². The van der Waals surface area contributed by atoms with Crippen molar-refractivity contribution in [2.24, 2.45) is 5.10 Å². The van der Waals surface area contributed by atoms with Crippen molar-refractivity contribution in [3.8, 4) is 11.5 Å². The molecule has 0 aliphatic carbocycles. The Balaban J connectivity index is 1.68. The summed E-state index contributed by atoms with van der Waals surface area (Å²) < 4.78 is 5.09. The summed E-state index contributed by atoms with van der Waals surface area (Å²) in [5, 5.41) is 15.9. The SMILES string of the molecule is COc1ccc(CC(=O)N/N=C/c2c(O)ccc3ccccc23)cc1. The number of amides is 1. The second-order valence-electron chi connectivity index (χ2n) is 5.54. The molecule has 3 aromatic carbocycles. The number of aromatic hydroxyl groups is 1. The minimum atomic E-state index is -0.235. The van der Waals surface area contributed by atoms with Crippen molar-refractivity contribution in [2.75, 3.05) is 7.11 Å². The predicted molar refractivity (Wildman–Crippen MR) is 98.0 cm³/mol. The molecule has 0 aliphatic rings. The summed E-state index contributed by atoms with van der Waals surface area (Å²) in [4.78, 5) is 12.0. The van der Waals surface area contributed by atoms with E-state index in [4.69, 9.17) is 4.74 Å².